The van der Waals surface area contributed by atoms with Crippen LogP contribution in [0.1, 0.15) is 18.4 Å². The van der Waals surface area contributed by atoms with Gasteiger partial charge >= 0.3 is 0 Å². The first-order chi connectivity index (χ1) is 9.56. The Morgan fingerprint density at radius 3 is 2.90 bits per heavy atom. The molecule has 1 aliphatic heterocycles. The third-order valence-corrected chi connectivity index (χ3v) is 3.40. The zero-order valence-electron chi connectivity index (χ0n) is 11.4. The molecular weight excluding hydrogens is 262 g/mol. The van der Waals surface area contributed by atoms with Crippen LogP contribution in [0.15, 0.2) is 17.4 Å². The molecule has 1 aromatic rings. The summed E-state index contributed by atoms with van der Waals surface area (Å²) >= 11 is 0. The highest BCUT2D eigenvalue weighted by atomic mass is 16.5. The second-order valence-corrected chi connectivity index (χ2v) is 4.95. The van der Waals surface area contributed by atoms with Gasteiger partial charge in [0.2, 0.25) is 0 Å². The van der Waals surface area contributed by atoms with Crippen LogP contribution in [-0.4, -0.2) is 58.8 Å². The lowest BCUT2D eigenvalue weighted by Gasteiger charge is -2.36. The van der Waals surface area contributed by atoms with Gasteiger partial charge in [0.05, 0.1) is 17.4 Å². The fourth-order valence-corrected chi connectivity index (χ4v) is 2.29. The van der Waals surface area contributed by atoms with Gasteiger partial charge < -0.3 is 25.7 Å². The van der Waals surface area contributed by atoms with E-state index in [0.717, 1.165) is 0 Å². The van der Waals surface area contributed by atoms with E-state index in [-0.39, 0.29) is 5.84 Å². The predicted octanol–water partition coefficient (Wildman–Crippen LogP) is -0.451. The smallest absolute Gasteiger partial charge is 0.173 e. The van der Waals surface area contributed by atoms with E-state index < -0.39 is 5.60 Å². The van der Waals surface area contributed by atoms with Crippen molar-refractivity contribution in [2.45, 2.75) is 18.4 Å². The number of nitrogens with two attached hydrogens (primary N) is 1. The summed E-state index contributed by atoms with van der Waals surface area (Å²) in [6.07, 6.45) is 2.60. The van der Waals surface area contributed by atoms with Crippen molar-refractivity contribution < 1.29 is 15.1 Å². The van der Waals surface area contributed by atoms with Gasteiger partial charge in [0.15, 0.2) is 11.7 Å². The van der Waals surface area contributed by atoms with Gasteiger partial charge in [0.1, 0.15) is 0 Å². The maximum atomic E-state index is 10.5. The van der Waals surface area contributed by atoms with Crippen molar-refractivity contribution in [1.82, 2.24) is 10.2 Å². The maximum absolute atomic E-state index is 10.5. The molecule has 0 atom stereocenters. The van der Waals surface area contributed by atoms with Crippen LogP contribution in [0.3, 0.4) is 0 Å². The van der Waals surface area contributed by atoms with Crippen LogP contribution in [0, 0.1) is 0 Å². The molecule has 8 heteroatoms. The fourth-order valence-electron chi connectivity index (χ4n) is 2.29. The van der Waals surface area contributed by atoms with E-state index in [9.17, 15) is 5.11 Å². The molecule has 20 heavy (non-hydrogen) atoms. The maximum Gasteiger partial charge on any atom is 0.173 e. The minimum absolute atomic E-state index is 0.0410. The van der Waals surface area contributed by atoms with E-state index >= 15 is 0 Å². The van der Waals surface area contributed by atoms with Gasteiger partial charge in [0, 0.05) is 39.6 Å². The molecule has 2 heterocycles. The summed E-state index contributed by atoms with van der Waals surface area (Å²) in [6.45, 7) is 1.45. The SMILES string of the molecule is CN(CC1(O)CCOCC1)c1nnccc1/C(N)=N/O. The molecular formula is C12H19N5O3. The molecule has 1 fully saturated rings. The predicted molar refractivity (Wildman–Crippen MR) is 72.8 cm³/mol. The van der Waals surface area contributed by atoms with E-state index in [0.29, 0.717) is 44.0 Å². The molecule has 0 aromatic carbocycles. The van der Waals surface area contributed by atoms with Crippen molar-refractivity contribution in [2.24, 2.45) is 10.9 Å². The highest BCUT2D eigenvalue weighted by molar-refractivity contribution is 6.01. The number of aliphatic hydroxyl groups is 1. The Bertz CT molecular complexity index is 488. The van der Waals surface area contributed by atoms with E-state index in [1.165, 1.54) is 6.20 Å². The highest BCUT2D eigenvalue weighted by Gasteiger charge is 2.32. The molecule has 1 aliphatic rings. The number of ether oxygens (including phenoxy) is 1. The van der Waals surface area contributed by atoms with Crippen molar-refractivity contribution >= 4 is 11.7 Å². The number of hydrogen-bond acceptors (Lipinski definition) is 7. The molecule has 0 unspecified atom stereocenters. The molecule has 1 aromatic heterocycles. The molecule has 1 saturated heterocycles. The molecule has 8 nitrogen and oxygen atoms in total. The van der Waals surface area contributed by atoms with Crippen LogP contribution >= 0.6 is 0 Å². The Morgan fingerprint density at radius 1 is 1.55 bits per heavy atom. The third-order valence-electron chi connectivity index (χ3n) is 3.40. The topological polar surface area (TPSA) is 117 Å². The average molecular weight is 281 g/mol. The molecule has 0 aliphatic carbocycles. The number of oxime groups is 1. The monoisotopic (exact) mass is 281 g/mol. The third kappa shape index (κ3) is 3.14. The van der Waals surface area contributed by atoms with E-state index in [1.807, 2.05) is 0 Å². The summed E-state index contributed by atoms with van der Waals surface area (Å²) < 4.78 is 5.25. The lowest BCUT2D eigenvalue weighted by Crippen LogP contribution is -2.46. The minimum atomic E-state index is -0.826. The first kappa shape index (κ1) is 14.5. The van der Waals surface area contributed by atoms with E-state index in [4.69, 9.17) is 15.7 Å². The van der Waals surface area contributed by atoms with Gasteiger partial charge in [-0.3, -0.25) is 0 Å². The summed E-state index contributed by atoms with van der Waals surface area (Å²) in [5, 5.41) is 30.1. The van der Waals surface area contributed by atoms with Gasteiger partial charge in [-0.1, -0.05) is 5.16 Å². The van der Waals surface area contributed by atoms with Crippen molar-refractivity contribution in [3.63, 3.8) is 0 Å². The van der Waals surface area contributed by atoms with Crippen molar-refractivity contribution in [2.75, 3.05) is 31.7 Å². The summed E-state index contributed by atoms with van der Waals surface area (Å²) in [5.41, 5.74) is 5.27. The molecule has 4 N–H and O–H groups in total. The number of likely N-dealkylation sites (N-methyl/N-ethyl adjacent to an activating group) is 1. The summed E-state index contributed by atoms with van der Waals surface area (Å²) in [4.78, 5) is 1.76. The van der Waals surface area contributed by atoms with Gasteiger partial charge in [-0.15, -0.1) is 5.10 Å². The second kappa shape index (κ2) is 6.02. The minimum Gasteiger partial charge on any atom is -0.409 e. The Kier molecular flexibility index (Phi) is 4.35. The molecule has 2 rings (SSSR count). The second-order valence-electron chi connectivity index (χ2n) is 4.95. The zero-order valence-corrected chi connectivity index (χ0v) is 11.4. The normalized spacial score (nSPS) is 18.8. The number of rotatable bonds is 4. The number of anilines is 1. The number of nitrogens with zero attached hydrogens (tertiary/aromatic N) is 4. The standard InChI is InChI=1S/C12H19N5O3/c1-17(8-12(18)3-6-20-7-4-12)11-9(10(13)16-19)2-5-14-15-11/h2,5,18-19H,3-4,6-8H2,1H3,(H2,13,16). The average Bonchev–Trinajstić information content (AvgIpc) is 2.46. The Hall–Kier alpha value is -1.93. The first-order valence-corrected chi connectivity index (χ1v) is 6.36. The van der Waals surface area contributed by atoms with Crippen LogP contribution in [0.2, 0.25) is 0 Å². The lowest BCUT2D eigenvalue weighted by atomic mass is 9.94. The molecule has 0 saturated carbocycles. The van der Waals surface area contributed by atoms with Crippen LogP contribution in [0.5, 0.6) is 0 Å². The molecule has 0 amide bonds. The molecule has 0 radical (unpaired) electrons. The van der Waals surface area contributed by atoms with Crippen molar-refractivity contribution in [3.05, 3.63) is 17.8 Å². The van der Waals surface area contributed by atoms with Crippen LogP contribution in [0.4, 0.5) is 5.82 Å². The fraction of sp³-hybridized carbons (Fsp3) is 0.583. The Balaban J connectivity index is 2.19. The van der Waals surface area contributed by atoms with E-state index in [1.54, 1.807) is 18.0 Å². The Morgan fingerprint density at radius 2 is 2.25 bits per heavy atom. The lowest BCUT2D eigenvalue weighted by molar-refractivity contribution is -0.0573. The van der Waals surface area contributed by atoms with Crippen LogP contribution < -0.4 is 10.6 Å². The first-order valence-electron chi connectivity index (χ1n) is 6.36. The molecule has 0 bridgehead atoms. The molecule has 110 valence electrons. The van der Waals surface area contributed by atoms with Crippen molar-refractivity contribution in [1.29, 1.82) is 0 Å². The summed E-state index contributed by atoms with van der Waals surface area (Å²) in [6, 6.07) is 1.61. The largest absolute Gasteiger partial charge is 0.409 e. The summed E-state index contributed by atoms with van der Waals surface area (Å²) in [5.74, 6) is 0.420. The van der Waals surface area contributed by atoms with Gasteiger partial charge in [-0.05, 0) is 6.07 Å². The van der Waals surface area contributed by atoms with Gasteiger partial charge in [-0.25, -0.2) is 0 Å². The van der Waals surface area contributed by atoms with Crippen LogP contribution in [-0.2, 0) is 4.74 Å². The quantitative estimate of drug-likeness (QED) is 0.296. The summed E-state index contributed by atoms with van der Waals surface area (Å²) in [7, 11) is 1.78. The van der Waals surface area contributed by atoms with Crippen LogP contribution in [0.25, 0.3) is 0 Å². The van der Waals surface area contributed by atoms with Gasteiger partial charge in [-0.2, -0.15) is 5.10 Å². The van der Waals surface area contributed by atoms with Crippen molar-refractivity contribution in [3.8, 4) is 0 Å². The number of aromatic nitrogens is 2. The zero-order chi connectivity index (χ0) is 14.6. The molecule has 0 spiro atoms. The number of amidine groups is 1. The van der Waals surface area contributed by atoms with E-state index in [2.05, 4.69) is 15.4 Å². The highest BCUT2D eigenvalue weighted by Crippen LogP contribution is 2.24. The Labute approximate surface area is 116 Å². The number of hydrogen-bond donors (Lipinski definition) is 3. The van der Waals surface area contributed by atoms with Gasteiger partial charge in [0.25, 0.3) is 0 Å².